The van der Waals surface area contributed by atoms with E-state index in [2.05, 4.69) is 15.8 Å². The van der Waals surface area contributed by atoms with E-state index in [4.69, 9.17) is 4.74 Å². The summed E-state index contributed by atoms with van der Waals surface area (Å²) in [5.74, 6) is 0.178. The monoisotopic (exact) mass is 353 g/mol. The molecule has 0 aliphatic carbocycles. The zero-order valence-corrected chi connectivity index (χ0v) is 15.2. The molecule has 0 radical (unpaired) electrons. The second-order valence-corrected chi connectivity index (χ2v) is 5.89. The van der Waals surface area contributed by atoms with E-state index in [1.807, 2.05) is 37.3 Å². The Bertz CT molecular complexity index is 771. The normalized spacial score (nSPS) is 12.2. The molecule has 2 rings (SSSR count). The van der Waals surface area contributed by atoms with Gasteiger partial charge in [-0.3, -0.25) is 9.59 Å². The highest BCUT2D eigenvalue weighted by Crippen LogP contribution is 2.12. The summed E-state index contributed by atoms with van der Waals surface area (Å²) >= 11 is 0. The van der Waals surface area contributed by atoms with Crippen molar-refractivity contribution >= 4 is 17.5 Å². The van der Waals surface area contributed by atoms with Crippen molar-refractivity contribution < 1.29 is 14.3 Å². The average Bonchev–Trinajstić information content (AvgIpc) is 2.66. The molecule has 0 heterocycles. The van der Waals surface area contributed by atoms with E-state index in [-0.39, 0.29) is 24.3 Å². The third-order valence-corrected chi connectivity index (χ3v) is 3.79. The molecule has 0 aliphatic rings. The fourth-order valence-corrected chi connectivity index (χ4v) is 2.34. The summed E-state index contributed by atoms with van der Waals surface area (Å²) in [5, 5.41) is 6.90. The summed E-state index contributed by atoms with van der Waals surface area (Å²) in [5.41, 5.74) is 4.47. The van der Waals surface area contributed by atoms with Crippen LogP contribution in [-0.2, 0) is 4.79 Å². The van der Waals surface area contributed by atoms with Crippen molar-refractivity contribution in [3.05, 3.63) is 65.7 Å². The number of hydrogen-bond donors (Lipinski definition) is 2. The van der Waals surface area contributed by atoms with E-state index < -0.39 is 0 Å². The maximum Gasteiger partial charge on any atom is 0.271 e. The number of methoxy groups -OCH3 is 1. The predicted molar refractivity (Wildman–Crippen MR) is 101 cm³/mol. The van der Waals surface area contributed by atoms with E-state index in [1.165, 1.54) is 0 Å². The lowest BCUT2D eigenvalue weighted by molar-refractivity contribution is -0.120. The fourth-order valence-electron chi connectivity index (χ4n) is 2.34. The molecule has 0 saturated carbocycles. The molecule has 2 amide bonds. The number of carbonyl (C=O) groups excluding carboxylic acids is 2. The molecule has 0 bridgehead atoms. The van der Waals surface area contributed by atoms with Crippen LogP contribution in [0.2, 0.25) is 0 Å². The SMILES string of the molecule is COc1ccc(C(=O)N/N=C(\C)CC(=O)NC(C)c2ccccc2)cc1. The van der Waals surface area contributed by atoms with Gasteiger partial charge in [-0.15, -0.1) is 0 Å². The van der Waals surface area contributed by atoms with E-state index >= 15 is 0 Å². The Balaban J connectivity index is 1.84. The maximum atomic E-state index is 12.1. The number of benzene rings is 2. The van der Waals surface area contributed by atoms with E-state index in [1.54, 1.807) is 38.3 Å². The molecule has 0 aromatic heterocycles. The van der Waals surface area contributed by atoms with Gasteiger partial charge < -0.3 is 10.1 Å². The highest BCUT2D eigenvalue weighted by atomic mass is 16.5. The largest absolute Gasteiger partial charge is 0.497 e. The zero-order chi connectivity index (χ0) is 18.9. The van der Waals surface area contributed by atoms with Crippen LogP contribution in [0.5, 0.6) is 5.75 Å². The molecule has 2 aromatic rings. The average molecular weight is 353 g/mol. The molecule has 136 valence electrons. The lowest BCUT2D eigenvalue weighted by Crippen LogP contribution is -2.28. The van der Waals surface area contributed by atoms with E-state index in [9.17, 15) is 9.59 Å². The van der Waals surface area contributed by atoms with E-state index in [0.29, 0.717) is 17.0 Å². The van der Waals surface area contributed by atoms with Gasteiger partial charge in [0.15, 0.2) is 0 Å². The first kappa shape index (κ1) is 19.2. The standard InChI is InChI=1S/C20H23N3O3/c1-14(13-19(24)21-15(2)16-7-5-4-6-8-16)22-23-20(25)17-9-11-18(26-3)12-10-17/h4-12,15H,13H2,1-3H3,(H,21,24)(H,23,25)/b22-14+. The number of nitrogens with one attached hydrogen (secondary N) is 2. The minimum Gasteiger partial charge on any atom is -0.497 e. The number of amides is 2. The van der Waals surface area contributed by atoms with Crippen LogP contribution in [-0.4, -0.2) is 24.6 Å². The highest BCUT2D eigenvalue weighted by Gasteiger charge is 2.11. The lowest BCUT2D eigenvalue weighted by Gasteiger charge is -2.14. The zero-order valence-electron chi connectivity index (χ0n) is 15.2. The van der Waals surface area contributed by atoms with Crippen molar-refractivity contribution in [3.63, 3.8) is 0 Å². The summed E-state index contributed by atoms with van der Waals surface area (Å²) in [6.07, 6.45) is 0.111. The van der Waals surface area contributed by atoms with Crippen molar-refractivity contribution in [2.24, 2.45) is 5.10 Å². The van der Waals surface area contributed by atoms with Gasteiger partial charge in [0.2, 0.25) is 5.91 Å². The number of ether oxygens (including phenoxy) is 1. The molecule has 0 fully saturated rings. The Hall–Kier alpha value is -3.15. The second kappa shape index (κ2) is 9.36. The Kier molecular flexibility index (Phi) is 6.91. The fraction of sp³-hybridized carbons (Fsp3) is 0.250. The van der Waals surface area contributed by atoms with Crippen LogP contribution < -0.4 is 15.5 Å². The molecule has 1 unspecified atom stereocenters. The van der Waals surface area contributed by atoms with Gasteiger partial charge >= 0.3 is 0 Å². The first-order chi connectivity index (χ1) is 12.5. The highest BCUT2D eigenvalue weighted by molar-refractivity contribution is 6.01. The molecule has 6 heteroatoms. The van der Waals surface area contributed by atoms with Gasteiger partial charge in [0.05, 0.1) is 19.6 Å². The Morgan fingerprint density at radius 2 is 1.73 bits per heavy atom. The summed E-state index contributed by atoms with van der Waals surface area (Å²) in [7, 11) is 1.56. The molecular formula is C20H23N3O3. The van der Waals surface area contributed by atoms with Gasteiger partial charge in [-0.1, -0.05) is 30.3 Å². The Morgan fingerprint density at radius 1 is 1.08 bits per heavy atom. The molecule has 2 N–H and O–H groups in total. The van der Waals surface area contributed by atoms with Crippen LogP contribution in [0.25, 0.3) is 0 Å². The number of nitrogens with zero attached hydrogens (tertiary/aromatic N) is 1. The summed E-state index contributed by atoms with van der Waals surface area (Å²) in [6, 6.07) is 16.3. The molecule has 2 aromatic carbocycles. The summed E-state index contributed by atoms with van der Waals surface area (Å²) in [6.45, 7) is 3.62. The van der Waals surface area contributed by atoms with Gasteiger partial charge in [-0.2, -0.15) is 5.10 Å². The van der Waals surface area contributed by atoms with Crippen LogP contribution in [0.1, 0.15) is 42.2 Å². The molecule has 0 saturated heterocycles. The summed E-state index contributed by atoms with van der Waals surface area (Å²) < 4.78 is 5.05. The summed E-state index contributed by atoms with van der Waals surface area (Å²) in [4.78, 5) is 24.1. The molecule has 6 nitrogen and oxygen atoms in total. The van der Waals surface area contributed by atoms with Crippen molar-refractivity contribution in [1.29, 1.82) is 0 Å². The van der Waals surface area contributed by atoms with Crippen LogP contribution in [0.15, 0.2) is 59.7 Å². The van der Waals surface area contributed by atoms with Crippen molar-refractivity contribution in [1.82, 2.24) is 10.7 Å². The molecule has 0 spiro atoms. The second-order valence-electron chi connectivity index (χ2n) is 5.89. The first-order valence-electron chi connectivity index (χ1n) is 8.31. The quantitative estimate of drug-likeness (QED) is 0.593. The predicted octanol–water partition coefficient (Wildman–Crippen LogP) is 3.07. The van der Waals surface area contributed by atoms with Crippen LogP contribution in [0.3, 0.4) is 0 Å². The molecule has 0 aliphatic heterocycles. The Morgan fingerprint density at radius 3 is 2.35 bits per heavy atom. The third kappa shape index (κ3) is 5.73. The van der Waals surface area contributed by atoms with Crippen molar-refractivity contribution in [2.75, 3.05) is 7.11 Å². The van der Waals surface area contributed by atoms with Crippen LogP contribution in [0.4, 0.5) is 0 Å². The molecule has 1 atom stereocenters. The number of hydrazone groups is 1. The van der Waals surface area contributed by atoms with Gasteiger partial charge in [0, 0.05) is 11.3 Å². The van der Waals surface area contributed by atoms with Gasteiger partial charge in [-0.05, 0) is 43.7 Å². The minimum atomic E-state index is -0.343. The molecular weight excluding hydrogens is 330 g/mol. The molecule has 26 heavy (non-hydrogen) atoms. The number of rotatable bonds is 7. The van der Waals surface area contributed by atoms with E-state index in [0.717, 1.165) is 5.56 Å². The maximum absolute atomic E-state index is 12.1. The first-order valence-corrected chi connectivity index (χ1v) is 8.31. The van der Waals surface area contributed by atoms with Gasteiger partial charge in [0.25, 0.3) is 5.91 Å². The topological polar surface area (TPSA) is 79.8 Å². The minimum absolute atomic E-state index is 0.0922. The Labute approximate surface area is 153 Å². The van der Waals surface area contributed by atoms with Gasteiger partial charge in [-0.25, -0.2) is 5.43 Å². The smallest absolute Gasteiger partial charge is 0.271 e. The van der Waals surface area contributed by atoms with Crippen LogP contribution >= 0.6 is 0 Å². The number of hydrogen-bond acceptors (Lipinski definition) is 4. The third-order valence-electron chi connectivity index (χ3n) is 3.79. The lowest BCUT2D eigenvalue weighted by atomic mass is 10.1. The van der Waals surface area contributed by atoms with Crippen molar-refractivity contribution in [3.8, 4) is 5.75 Å². The van der Waals surface area contributed by atoms with Crippen LogP contribution in [0, 0.1) is 0 Å². The number of carbonyl (C=O) groups is 2. The van der Waals surface area contributed by atoms with Crippen molar-refractivity contribution in [2.45, 2.75) is 26.3 Å². The van der Waals surface area contributed by atoms with Gasteiger partial charge in [0.1, 0.15) is 5.75 Å².